The minimum atomic E-state index is -3.73. The van der Waals surface area contributed by atoms with Crippen molar-refractivity contribution in [3.8, 4) is 0 Å². The fourth-order valence-electron chi connectivity index (χ4n) is 4.25. The van der Waals surface area contributed by atoms with Gasteiger partial charge in [-0.1, -0.05) is 0 Å². The number of aryl methyl sites for hydroxylation is 1. The number of anilines is 1. The fraction of sp³-hybridized carbons (Fsp3) is 0.500. The van der Waals surface area contributed by atoms with E-state index in [0.717, 1.165) is 18.4 Å². The van der Waals surface area contributed by atoms with Crippen molar-refractivity contribution in [2.24, 2.45) is 12.0 Å². The van der Waals surface area contributed by atoms with Crippen molar-refractivity contribution < 1.29 is 13.2 Å². The van der Waals surface area contributed by atoms with Gasteiger partial charge in [0.25, 0.3) is 5.91 Å². The summed E-state index contributed by atoms with van der Waals surface area (Å²) in [7, 11) is -1.90. The molecule has 1 saturated carbocycles. The SMILES string of the molecule is C[C@@H]1N2C(=NC1(C)C)N(Cc1cnn(C)c1)C(=O)c1cc(S(=O)(=O)NC3(C)CC3)ccc12. The van der Waals surface area contributed by atoms with Gasteiger partial charge in [0.05, 0.1) is 40.5 Å². The number of guanidine groups is 1. The molecule has 0 spiro atoms. The number of aliphatic imine (C=N–C) groups is 1. The molecule has 1 N–H and O–H groups in total. The molecule has 3 aliphatic rings. The maximum Gasteiger partial charge on any atom is 0.263 e. The summed E-state index contributed by atoms with van der Waals surface area (Å²) in [6, 6.07) is 4.79. The van der Waals surface area contributed by atoms with Crippen LogP contribution in [0.15, 0.2) is 40.5 Å². The summed E-state index contributed by atoms with van der Waals surface area (Å²) in [6.07, 6.45) is 5.21. The largest absolute Gasteiger partial charge is 0.306 e. The molecule has 5 rings (SSSR count). The molecule has 32 heavy (non-hydrogen) atoms. The fourth-order valence-corrected chi connectivity index (χ4v) is 5.74. The van der Waals surface area contributed by atoms with E-state index in [1.54, 1.807) is 27.9 Å². The highest BCUT2D eigenvalue weighted by Crippen LogP contribution is 2.41. The third-order valence-corrected chi connectivity index (χ3v) is 8.38. The molecule has 0 bridgehead atoms. The molecule has 1 aromatic carbocycles. The molecule has 1 amide bonds. The molecule has 2 aliphatic heterocycles. The van der Waals surface area contributed by atoms with Crippen molar-refractivity contribution in [1.82, 2.24) is 19.4 Å². The number of sulfonamides is 1. The van der Waals surface area contributed by atoms with E-state index in [2.05, 4.69) is 16.7 Å². The zero-order valence-electron chi connectivity index (χ0n) is 19.0. The number of rotatable bonds is 5. The van der Waals surface area contributed by atoms with Gasteiger partial charge in [-0.15, -0.1) is 0 Å². The van der Waals surface area contributed by atoms with Gasteiger partial charge in [0.15, 0.2) is 0 Å². The minimum absolute atomic E-state index is 0.00768. The summed E-state index contributed by atoms with van der Waals surface area (Å²) in [5, 5.41) is 4.20. The number of hydrogen-bond donors (Lipinski definition) is 1. The first-order valence-electron chi connectivity index (χ1n) is 10.8. The number of amides is 1. The maximum atomic E-state index is 13.6. The van der Waals surface area contributed by atoms with Gasteiger partial charge in [-0.25, -0.2) is 18.1 Å². The van der Waals surface area contributed by atoms with E-state index in [0.29, 0.717) is 23.8 Å². The first-order chi connectivity index (χ1) is 14.9. The summed E-state index contributed by atoms with van der Waals surface area (Å²) >= 11 is 0. The Labute approximate surface area is 188 Å². The van der Waals surface area contributed by atoms with Gasteiger partial charge in [0, 0.05) is 24.3 Å². The minimum Gasteiger partial charge on any atom is -0.306 e. The summed E-state index contributed by atoms with van der Waals surface area (Å²) < 4.78 is 30.4. The second-order valence-corrected chi connectivity index (χ2v) is 11.6. The van der Waals surface area contributed by atoms with Gasteiger partial charge < -0.3 is 4.90 Å². The molecule has 1 fully saturated rings. The highest BCUT2D eigenvalue weighted by molar-refractivity contribution is 7.89. The molecule has 9 nitrogen and oxygen atoms in total. The molecule has 0 radical (unpaired) electrons. The maximum absolute atomic E-state index is 13.6. The zero-order valence-corrected chi connectivity index (χ0v) is 19.8. The lowest BCUT2D eigenvalue weighted by Gasteiger charge is -2.39. The van der Waals surface area contributed by atoms with E-state index in [1.807, 2.05) is 38.9 Å². The van der Waals surface area contributed by atoms with Crippen LogP contribution in [0.2, 0.25) is 0 Å². The van der Waals surface area contributed by atoms with Gasteiger partial charge in [0.1, 0.15) is 0 Å². The third-order valence-electron chi connectivity index (χ3n) is 6.75. The number of nitrogens with one attached hydrogen (secondary N) is 1. The number of fused-ring (bicyclic) bond motifs is 3. The van der Waals surface area contributed by atoms with Crippen LogP contribution in [0.1, 0.15) is 56.5 Å². The van der Waals surface area contributed by atoms with E-state index >= 15 is 0 Å². The average molecular weight is 457 g/mol. The lowest BCUT2D eigenvalue weighted by molar-refractivity contribution is 0.0833. The van der Waals surface area contributed by atoms with E-state index in [-0.39, 0.29) is 16.8 Å². The smallest absolute Gasteiger partial charge is 0.263 e. The Morgan fingerprint density at radius 1 is 1.22 bits per heavy atom. The Hall–Kier alpha value is -2.72. The number of carbonyl (C=O) groups excluding carboxylic acids is 1. The van der Waals surface area contributed by atoms with E-state index in [9.17, 15) is 13.2 Å². The molecule has 0 unspecified atom stereocenters. The number of aromatic nitrogens is 2. The van der Waals surface area contributed by atoms with Gasteiger partial charge in [-0.2, -0.15) is 5.10 Å². The summed E-state index contributed by atoms with van der Waals surface area (Å²) in [6.45, 7) is 8.33. The van der Waals surface area contributed by atoms with Crippen LogP contribution in [0.4, 0.5) is 5.69 Å². The third kappa shape index (κ3) is 3.32. The molecule has 1 aliphatic carbocycles. The normalized spacial score (nSPS) is 23.1. The molecule has 3 heterocycles. The van der Waals surface area contributed by atoms with Crippen molar-refractivity contribution in [3.05, 3.63) is 41.7 Å². The summed E-state index contributed by atoms with van der Waals surface area (Å²) in [5.74, 6) is 0.321. The van der Waals surface area contributed by atoms with E-state index < -0.39 is 21.1 Å². The van der Waals surface area contributed by atoms with Crippen LogP contribution in [0.25, 0.3) is 0 Å². The number of hydrogen-bond acceptors (Lipinski definition) is 6. The van der Waals surface area contributed by atoms with Crippen molar-refractivity contribution in [1.29, 1.82) is 0 Å². The molecular weight excluding hydrogens is 428 g/mol. The zero-order chi connectivity index (χ0) is 23.1. The van der Waals surface area contributed by atoms with Crippen LogP contribution in [-0.4, -0.2) is 52.1 Å². The molecule has 170 valence electrons. The van der Waals surface area contributed by atoms with Crippen LogP contribution in [0.5, 0.6) is 0 Å². The van der Waals surface area contributed by atoms with E-state index in [4.69, 9.17) is 4.99 Å². The van der Waals surface area contributed by atoms with Crippen LogP contribution >= 0.6 is 0 Å². The monoisotopic (exact) mass is 456 g/mol. The van der Waals surface area contributed by atoms with Gasteiger partial charge in [-0.3, -0.25) is 14.4 Å². The van der Waals surface area contributed by atoms with E-state index in [1.165, 1.54) is 6.07 Å². The quantitative estimate of drug-likeness (QED) is 0.744. The Morgan fingerprint density at radius 2 is 1.94 bits per heavy atom. The Morgan fingerprint density at radius 3 is 2.56 bits per heavy atom. The summed E-state index contributed by atoms with van der Waals surface area (Å²) in [5.41, 5.74) is 1.12. The summed E-state index contributed by atoms with van der Waals surface area (Å²) in [4.78, 5) is 22.3. The Balaban J connectivity index is 1.60. The Bertz CT molecular complexity index is 1260. The second-order valence-electron chi connectivity index (χ2n) is 9.87. The van der Waals surface area contributed by atoms with Gasteiger partial charge >= 0.3 is 0 Å². The first-order valence-corrected chi connectivity index (χ1v) is 12.3. The molecule has 1 atom stereocenters. The first kappa shape index (κ1) is 21.1. The lowest BCUT2D eigenvalue weighted by Crippen LogP contribution is -2.53. The topological polar surface area (TPSA) is 99.9 Å². The van der Waals surface area contributed by atoms with Crippen LogP contribution < -0.4 is 9.62 Å². The Kier molecular flexibility index (Phi) is 4.39. The average Bonchev–Trinajstić information content (AvgIpc) is 3.18. The van der Waals surface area contributed by atoms with Crippen molar-refractivity contribution >= 4 is 27.6 Å². The number of nitrogens with zero attached hydrogens (tertiary/aromatic N) is 5. The highest BCUT2D eigenvalue weighted by Gasteiger charge is 2.48. The van der Waals surface area contributed by atoms with Crippen molar-refractivity contribution in [2.75, 3.05) is 4.90 Å². The van der Waals surface area contributed by atoms with Gasteiger partial charge in [-0.05, 0) is 58.7 Å². The lowest BCUT2D eigenvalue weighted by atomic mass is 9.96. The van der Waals surface area contributed by atoms with Gasteiger partial charge in [0.2, 0.25) is 16.0 Å². The van der Waals surface area contributed by atoms with Crippen LogP contribution in [0, 0.1) is 0 Å². The van der Waals surface area contributed by atoms with Crippen molar-refractivity contribution in [2.45, 2.75) is 69.1 Å². The van der Waals surface area contributed by atoms with Crippen LogP contribution in [0.3, 0.4) is 0 Å². The number of carbonyl (C=O) groups is 1. The molecule has 1 aromatic heterocycles. The molecule has 0 saturated heterocycles. The van der Waals surface area contributed by atoms with Crippen molar-refractivity contribution in [3.63, 3.8) is 0 Å². The predicted octanol–water partition coefficient (Wildman–Crippen LogP) is 2.25. The number of benzene rings is 1. The molecular formula is C22H28N6O3S. The highest BCUT2D eigenvalue weighted by atomic mass is 32.2. The molecule has 2 aromatic rings. The predicted molar refractivity (Wildman–Crippen MR) is 121 cm³/mol. The second kappa shape index (κ2) is 6.64. The van der Waals surface area contributed by atoms with Crippen LogP contribution in [-0.2, 0) is 23.6 Å². The molecule has 10 heteroatoms. The standard InChI is InChI=1S/C22H28N6O3S/c1-14-21(2,3)24-20-27(13-15-11-23-26(5)12-15)19(29)17-10-16(6-7-18(17)28(14)20)32(30,31)25-22(4)8-9-22/h6-7,10-12,14,25H,8-9,13H2,1-5H3/t14-/m0/s1.